The molecule has 4 heterocycles. The Hall–Kier alpha value is -4.74. The zero-order valence-electron chi connectivity index (χ0n) is 19.9. The van der Waals surface area contributed by atoms with Crippen LogP contribution in [0.2, 0.25) is 0 Å². The number of aromatic nitrogens is 5. The summed E-state index contributed by atoms with van der Waals surface area (Å²) < 4.78 is 15.8. The van der Waals surface area contributed by atoms with Gasteiger partial charge < -0.3 is 10.6 Å². The summed E-state index contributed by atoms with van der Waals surface area (Å²) in [6.45, 7) is -0.518. The second kappa shape index (κ2) is 9.72. The molecule has 3 amide bonds. The number of amides is 3. The molecule has 1 aliphatic rings. The van der Waals surface area contributed by atoms with Crippen LogP contribution in [-0.2, 0) is 16.1 Å². The minimum absolute atomic E-state index is 0.000956. The molecule has 1 fully saturated rings. The van der Waals surface area contributed by atoms with E-state index >= 15 is 0 Å². The lowest BCUT2D eigenvalue weighted by atomic mass is 10.0. The number of pyridine rings is 1. The number of halogens is 1. The highest BCUT2D eigenvalue weighted by molar-refractivity contribution is 6.05. The molecule has 12 heteroatoms. The third kappa shape index (κ3) is 4.60. The average Bonchev–Trinajstić information content (AvgIpc) is 3.49. The molecule has 0 radical (unpaired) electrons. The summed E-state index contributed by atoms with van der Waals surface area (Å²) in [5.41, 5.74) is 7.60. The Labute approximate surface area is 210 Å². The summed E-state index contributed by atoms with van der Waals surface area (Å²) in [6.07, 6.45) is 3.22. The van der Waals surface area contributed by atoms with Gasteiger partial charge in [-0.2, -0.15) is 15.3 Å². The molecule has 11 nitrogen and oxygen atoms in total. The number of likely N-dealkylation sites (tertiary alicyclic amines) is 1. The van der Waals surface area contributed by atoms with Crippen LogP contribution in [-0.4, -0.2) is 73.4 Å². The number of alkyl halides is 1. The van der Waals surface area contributed by atoms with Crippen molar-refractivity contribution in [3.63, 3.8) is 0 Å². The van der Waals surface area contributed by atoms with Gasteiger partial charge in [0, 0.05) is 30.6 Å². The number of benzene rings is 1. The van der Waals surface area contributed by atoms with Crippen LogP contribution in [0.5, 0.6) is 0 Å². The predicted molar refractivity (Wildman–Crippen MR) is 132 cm³/mol. The van der Waals surface area contributed by atoms with Gasteiger partial charge in [0.1, 0.15) is 24.6 Å². The van der Waals surface area contributed by atoms with Gasteiger partial charge in [0.2, 0.25) is 5.91 Å². The minimum atomic E-state index is -1.35. The SMILES string of the molecule is CN(C(=O)[C@@H]1C[C@@H](F)CN1C(=O)Cn1nc(C(N)=O)c2cc(-c3ccnnc3)ccc21)c1ccccn1. The highest BCUT2D eigenvalue weighted by Gasteiger charge is 2.41. The van der Waals surface area contributed by atoms with Crippen LogP contribution in [0.4, 0.5) is 10.2 Å². The second-order valence-corrected chi connectivity index (χ2v) is 8.71. The monoisotopic (exact) mass is 502 g/mol. The molecule has 0 aliphatic carbocycles. The first-order valence-electron chi connectivity index (χ1n) is 11.5. The maximum Gasteiger partial charge on any atom is 0.269 e. The molecule has 0 unspecified atom stereocenters. The summed E-state index contributed by atoms with van der Waals surface area (Å²) in [5.74, 6) is -1.30. The quantitative estimate of drug-likeness (QED) is 0.422. The fraction of sp³-hybridized carbons (Fsp3) is 0.240. The maximum atomic E-state index is 14.4. The molecule has 188 valence electrons. The number of primary amides is 1. The largest absolute Gasteiger partial charge is 0.364 e. The first kappa shape index (κ1) is 24.0. The van der Waals surface area contributed by atoms with Gasteiger partial charge >= 0.3 is 0 Å². The van der Waals surface area contributed by atoms with Gasteiger partial charge in [-0.05, 0) is 35.9 Å². The van der Waals surface area contributed by atoms with Gasteiger partial charge in [-0.15, -0.1) is 0 Å². The number of nitrogens with two attached hydrogens (primary N) is 1. The van der Waals surface area contributed by atoms with Crippen LogP contribution in [0.1, 0.15) is 16.9 Å². The fourth-order valence-corrected chi connectivity index (χ4v) is 4.52. The molecule has 1 saturated heterocycles. The maximum absolute atomic E-state index is 14.4. The molecule has 5 rings (SSSR count). The standard InChI is InChI=1S/C25H23FN8O3/c1-32(21-4-2-3-8-28-21)25(37)20-11-17(26)13-33(20)22(35)14-34-19-6-5-15(16-7-9-29-30-12-16)10-18(19)23(31-34)24(27)36/h2-10,12,17,20H,11,13-14H2,1H3,(H2,27,36)/t17-,20+/m1/s1. The number of hydrogen-bond acceptors (Lipinski definition) is 7. The summed E-state index contributed by atoms with van der Waals surface area (Å²) in [6, 6.07) is 11.1. The lowest BCUT2D eigenvalue weighted by Gasteiger charge is -2.27. The molecule has 0 saturated carbocycles. The molecular weight excluding hydrogens is 479 g/mol. The van der Waals surface area contributed by atoms with Crippen LogP contribution >= 0.6 is 0 Å². The number of fused-ring (bicyclic) bond motifs is 1. The van der Waals surface area contributed by atoms with Crippen LogP contribution in [0.15, 0.2) is 61.1 Å². The van der Waals surface area contributed by atoms with Crippen molar-refractivity contribution in [3.05, 3.63) is 66.7 Å². The first-order valence-corrected chi connectivity index (χ1v) is 11.5. The number of nitrogens with zero attached hydrogens (tertiary/aromatic N) is 7. The number of hydrogen-bond donors (Lipinski definition) is 1. The van der Waals surface area contributed by atoms with Crippen molar-refractivity contribution in [2.24, 2.45) is 5.73 Å². The minimum Gasteiger partial charge on any atom is -0.364 e. The second-order valence-electron chi connectivity index (χ2n) is 8.71. The van der Waals surface area contributed by atoms with E-state index in [-0.39, 0.29) is 25.2 Å². The molecule has 2 atom stereocenters. The van der Waals surface area contributed by atoms with Crippen molar-refractivity contribution >= 4 is 34.4 Å². The van der Waals surface area contributed by atoms with Crippen LogP contribution in [0, 0.1) is 0 Å². The molecule has 2 N–H and O–H groups in total. The summed E-state index contributed by atoms with van der Waals surface area (Å²) in [7, 11) is 1.54. The van der Waals surface area contributed by atoms with Crippen LogP contribution in [0.25, 0.3) is 22.0 Å². The Kier molecular flexibility index (Phi) is 6.30. The first-order chi connectivity index (χ1) is 17.8. The van der Waals surface area contributed by atoms with E-state index in [9.17, 15) is 18.8 Å². The van der Waals surface area contributed by atoms with Crippen molar-refractivity contribution in [3.8, 4) is 11.1 Å². The lowest BCUT2D eigenvalue weighted by molar-refractivity contribution is -0.138. The third-order valence-corrected chi connectivity index (χ3v) is 6.37. The van der Waals surface area contributed by atoms with E-state index in [1.807, 2.05) is 0 Å². The molecule has 1 aromatic carbocycles. The Morgan fingerprint density at radius 2 is 1.95 bits per heavy atom. The van der Waals surface area contributed by atoms with Crippen LogP contribution in [0.3, 0.4) is 0 Å². The lowest BCUT2D eigenvalue weighted by Crippen LogP contribution is -2.47. The highest BCUT2D eigenvalue weighted by atomic mass is 19.1. The molecule has 3 aromatic heterocycles. The van der Waals surface area contributed by atoms with E-state index in [1.165, 1.54) is 21.5 Å². The normalized spacial score (nSPS) is 17.2. The fourth-order valence-electron chi connectivity index (χ4n) is 4.52. The molecule has 0 bridgehead atoms. The van der Waals surface area contributed by atoms with Crippen molar-refractivity contribution in [1.29, 1.82) is 0 Å². The average molecular weight is 503 g/mol. The Balaban J connectivity index is 1.43. The number of likely N-dealkylation sites (N-methyl/N-ethyl adjacent to an activating group) is 1. The van der Waals surface area contributed by atoms with E-state index in [0.29, 0.717) is 16.7 Å². The number of carbonyl (C=O) groups is 3. The topological polar surface area (TPSA) is 140 Å². The summed E-state index contributed by atoms with van der Waals surface area (Å²) in [4.78, 5) is 45.3. The zero-order chi connectivity index (χ0) is 26.1. The van der Waals surface area contributed by atoms with Gasteiger partial charge in [0.25, 0.3) is 11.8 Å². The molecule has 4 aromatic rings. The van der Waals surface area contributed by atoms with Gasteiger partial charge in [-0.1, -0.05) is 12.1 Å². The van der Waals surface area contributed by atoms with Crippen molar-refractivity contribution < 1.29 is 18.8 Å². The van der Waals surface area contributed by atoms with E-state index in [1.54, 1.807) is 61.1 Å². The van der Waals surface area contributed by atoms with Gasteiger partial charge in [0.05, 0.1) is 24.5 Å². The predicted octanol–water partition coefficient (Wildman–Crippen LogP) is 1.59. The van der Waals surface area contributed by atoms with E-state index in [0.717, 1.165) is 11.1 Å². The molecule has 1 aliphatic heterocycles. The smallest absolute Gasteiger partial charge is 0.269 e. The van der Waals surface area contributed by atoms with Gasteiger partial charge in [0.15, 0.2) is 5.69 Å². The van der Waals surface area contributed by atoms with E-state index < -0.39 is 29.9 Å². The van der Waals surface area contributed by atoms with Crippen molar-refractivity contribution in [2.45, 2.75) is 25.2 Å². The van der Waals surface area contributed by atoms with E-state index in [4.69, 9.17) is 5.73 Å². The Morgan fingerprint density at radius 3 is 2.65 bits per heavy atom. The number of anilines is 1. The van der Waals surface area contributed by atoms with Crippen molar-refractivity contribution in [2.75, 3.05) is 18.5 Å². The third-order valence-electron chi connectivity index (χ3n) is 6.37. The van der Waals surface area contributed by atoms with Crippen molar-refractivity contribution in [1.82, 2.24) is 29.9 Å². The summed E-state index contributed by atoms with van der Waals surface area (Å²) >= 11 is 0. The Bertz CT molecular complexity index is 1480. The zero-order valence-corrected chi connectivity index (χ0v) is 19.9. The molecular formula is C25H23FN8O3. The van der Waals surface area contributed by atoms with E-state index in [2.05, 4.69) is 20.3 Å². The number of carbonyl (C=O) groups excluding carboxylic acids is 3. The Morgan fingerprint density at radius 1 is 1.11 bits per heavy atom. The molecule has 37 heavy (non-hydrogen) atoms. The molecule has 0 spiro atoms. The highest BCUT2D eigenvalue weighted by Crippen LogP contribution is 2.28. The summed E-state index contributed by atoms with van der Waals surface area (Å²) in [5, 5.41) is 12.4. The number of rotatable bonds is 6. The van der Waals surface area contributed by atoms with Gasteiger partial charge in [-0.3, -0.25) is 24.0 Å². The van der Waals surface area contributed by atoms with Gasteiger partial charge in [-0.25, -0.2) is 9.37 Å². The van der Waals surface area contributed by atoms with Crippen LogP contribution < -0.4 is 10.6 Å².